The van der Waals surface area contributed by atoms with Gasteiger partial charge in [-0.3, -0.25) is 0 Å². The molecule has 0 saturated heterocycles. The maximum Gasteiger partial charge on any atom is 0.180 e. The first-order valence-corrected chi connectivity index (χ1v) is 6.14. The van der Waals surface area contributed by atoms with Crippen molar-refractivity contribution in [1.29, 1.82) is 0 Å². The Bertz CT molecular complexity index is 477. The molecule has 2 aromatic heterocycles. The standard InChI is InChI=1S/C12H19N5/c1-2-3-4-5-6-14-11-12-15-7-8-17(12)9-10(13)16-11/h7-9H,2-6,13H2,1H3,(H,14,16). The molecule has 17 heavy (non-hydrogen) atoms. The van der Waals surface area contributed by atoms with Crippen LogP contribution in [0.3, 0.4) is 0 Å². The van der Waals surface area contributed by atoms with E-state index in [9.17, 15) is 0 Å². The highest BCUT2D eigenvalue weighted by molar-refractivity contribution is 5.64. The Morgan fingerprint density at radius 3 is 3.06 bits per heavy atom. The van der Waals surface area contributed by atoms with Crippen LogP contribution in [0.1, 0.15) is 32.6 Å². The topological polar surface area (TPSA) is 68.2 Å². The first kappa shape index (κ1) is 11.7. The van der Waals surface area contributed by atoms with Crippen molar-refractivity contribution in [2.24, 2.45) is 0 Å². The summed E-state index contributed by atoms with van der Waals surface area (Å²) in [6, 6.07) is 0. The third-order valence-corrected chi connectivity index (χ3v) is 2.72. The Kier molecular flexibility index (Phi) is 3.80. The van der Waals surface area contributed by atoms with Crippen molar-refractivity contribution in [3.8, 4) is 0 Å². The summed E-state index contributed by atoms with van der Waals surface area (Å²) in [7, 11) is 0. The summed E-state index contributed by atoms with van der Waals surface area (Å²) in [6.45, 7) is 3.12. The fraction of sp³-hybridized carbons (Fsp3) is 0.500. The molecule has 0 spiro atoms. The molecule has 0 radical (unpaired) electrons. The van der Waals surface area contributed by atoms with Gasteiger partial charge in [-0.2, -0.15) is 0 Å². The Labute approximate surface area is 101 Å². The van der Waals surface area contributed by atoms with Gasteiger partial charge in [0.1, 0.15) is 5.82 Å². The van der Waals surface area contributed by atoms with Crippen LogP contribution in [0.15, 0.2) is 18.6 Å². The predicted octanol–water partition coefficient (Wildman–Crippen LogP) is 2.30. The van der Waals surface area contributed by atoms with Gasteiger partial charge in [-0.15, -0.1) is 0 Å². The van der Waals surface area contributed by atoms with Gasteiger partial charge in [-0.25, -0.2) is 9.97 Å². The fourth-order valence-electron chi connectivity index (χ4n) is 1.83. The van der Waals surface area contributed by atoms with Gasteiger partial charge in [-0.1, -0.05) is 26.2 Å². The van der Waals surface area contributed by atoms with Crippen LogP contribution in [0.4, 0.5) is 11.6 Å². The van der Waals surface area contributed by atoms with E-state index in [1.54, 1.807) is 12.4 Å². The minimum Gasteiger partial charge on any atom is -0.382 e. The first-order valence-electron chi connectivity index (χ1n) is 6.14. The molecule has 0 saturated carbocycles. The molecular weight excluding hydrogens is 214 g/mol. The molecule has 92 valence electrons. The molecule has 0 bridgehead atoms. The van der Waals surface area contributed by atoms with Crippen LogP contribution in [0.2, 0.25) is 0 Å². The minimum atomic E-state index is 0.506. The molecule has 2 aromatic rings. The van der Waals surface area contributed by atoms with E-state index in [0.29, 0.717) is 5.82 Å². The number of hydrogen-bond donors (Lipinski definition) is 2. The number of imidazole rings is 1. The lowest BCUT2D eigenvalue weighted by molar-refractivity contribution is 0.684. The normalized spacial score (nSPS) is 10.9. The Hall–Kier alpha value is -1.78. The summed E-state index contributed by atoms with van der Waals surface area (Å²) < 4.78 is 1.89. The lowest BCUT2D eigenvalue weighted by Gasteiger charge is -2.07. The zero-order chi connectivity index (χ0) is 12.1. The van der Waals surface area contributed by atoms with Crippen molar-refractivity contribution in [2.45, 2.75) is 32.6 Å². The van der Waals surface area contributed by atoms with E-state index >= 15 is 0 Å². The van der Waals surface area contributed by atoms with E-state index in [4.69, 9.17) is 5.73 Å². The highest BCUT2D eigenvalue weighted by atomic mass is 15.1. The van der Waals surface area contributed by atoms with Gasteiger partial charge in [0.25, 0.3) is 0 Å². The number of aromatic nitrogens is 3. The highest BCUT2D eigenvalue weighted by Crippen LogP contribution is 2.14. The maximum atomic E-state index is 5.74. The van der Waals surface area contributed by atoms with Gasteiger partial charge in [0, 0.05) is 18.9 Å². The number of nitrogens with one attached hydrogen (secondary N) is 1. The molecule has 0 aliphatic heterocycles. The van der Waals surface area contributed by atoms with Crippen LogP contribution in [-0.2, 0) is 0 Å². The second kappa shape index (κ2) is 5.52. The predicted molar refractivity (Wildman–Crippen MR) is 70.0 cm³/mol. The Morgan fingerprint density at radius 2 is 2.24 bits per heavy atom. The number of hydrogen-bond acceptors (Lipinski definition) is 4. The highest BCUT2D eigenvalue weighted by Gasteiger charge is 2.04. The van der Waals surface area contributed by atoms with Crippen LogP contribution >= 0.6 is 0 Å². The van der Waals surface area contributed by atoms with Crippen molar-refractivity contribution in [1.82, 2.24) is 14.4 Å². The molecule has 2 rings (SSSR count). The number of nitrogens with zero attached hydrogens (tertiary/aromatic N) is 3. The summed E-state index contributed by atoms with van der Waals surface area (Å²) in [5, 5.41) is 3.30. The van der Waals surface area contributed by atoms with Gasteiger partial charge in [0.05, 0.1) is 6.20 Å². The SMILES string of the molecule is CCCCCCNc1nc(N)cn2ccnc12. The van der Waals surface area contributed by atoms with E-state index in [1.807, 2.05) is 10.6 Å². The number of nitrogens with two attached hydrogens (primary N) is 1. The molecule has 0 unspecified atom stereocenters. The summed E-state index contributed by atoms with van der Waals surface area (Å²) in [5.74, 6) is 1.28. The first-order chi connectivity index (χ1) is 8.31. The van der Waals surface area contributed by atoms with Crippen LogP contribution in [0.25, 0.3) is 5.65 Å². The van der Waals surface area contributed by atoms with Gasteiger partial charge in [-0.05, 0) is 6.42 Å². The van der Waals surface area contributed by atoms with Gasteiger partial charge in [0.15, 0.2) is 11.5 Å². The van der Waals surface area contributed by atoms with Crippen molar-refractivity contribution in [3.05, 3.63) is 18.6 Å². The number of unbranched alkanes of at least 4 members (excludes halogenated alkanes) is 3. The monoisotopic (exact) mass is 233 g/mol. The molecule has 0 atom stereocenters. The van der Waals surface area contributed by atoms with Gasteiger partial charge >= 0.3 is 0 Å². The smallest absolute Gasteiger partial charge is 0.180 e. The van der Waals surface area contributed by atoms with Crippen LogP contribution in [-0.4, -0.2) is 20.9 Å². The zero-order valence-electron chi connectivity index (χ0n) is 10.2. The van der Waals surface area contributed by atoms with Crippen molar-refractivity contribution in [2.75, 3.05) is 17.6 Å². The number of rotatable bonds is 6. The molecule has 5 nitrogen and oxygen atoms in total. The van der Waals surface area contributed by atoms with Gasteiger partial charge in [0.2, 0.25) is 0 Å². The van der Waals surface area contributed by atoms with E-state index in [0.717, 1.165) is 24.4 Å². The fourth-order valence-corrected chi connectivity index (χ4v) is 1.83. The van der Waals surface area contributed by atoms with Crippen LogP contribution in [0.5, 0.6) is 0 Å². The zero-order valence-corrected chi connectivity index (χ0v) is 10.2. The van der Waals surface area contributed by atoms with Crippen LogP contribution in [0, 0.1) is 0 Å². The second-order valence-corrected chi connectivity index (χ2v) is 4.16. The quantitative estimate of drug-likeness (QED) is 0.751. The molecule has 0 amide bonds. The average molecular weight is 233 g/mol. The molecule has 3 N–H and O–H groups in total. The average Bonchev–Trinajstić information content (AvgIpc) is 2.76. The Balaban J connectivity index is 2.00. The van der Waals surface area contributed by atoms with E-state index in [-0.39, 0.29) is 0 Å². The molecule has 0 aliphatic carbocycles. The molecule has 0 aliphatic rings. The number of fused-ring (bicyclic) bond motifs is 1. The summed E-state index contributed by atoms with van der Waals surface area (Å²) in [6.07, 6.45) is 10.3. The lowest BCUT2D eigenvalue weighted by atomic mass is 10.2. The summed E-state index contributed by atoms with van der Waals surface area (Å²) >= 11 is 0. The van der Waals surface area contributed by atoms with E-state index in [1.165, 1.54) is 19.3 Å². The van der Waals surface area contributed by atoms with Crippen LogP contribution < -0.4 is 11.1 Å². The molecule has 0 aromatic carbocycles. The lowest BCUT2D eigenvalue weighted by Crippen LogP contribution is -2.07. The molecule has 0 fully saturated rings. The van der Waals surface area contributed by atoms with Crippen molar-refractivity contribution < 1.29 is 0 Å². The van der Waals surface area contributed by atoms with Gasteiger partial charge < -0.3 is 15.5 Å². The third-order valence-electron chi connectivity index (χ3n) is 2.72. The van der Waals surface area contributed by atoms with Crippen molar-refractivity contribution in [3.63, 3.8) is 0 Å². The molecular formula is C12H19N5. The van der Waals surface area contributed by atoms with E-state index < -0.39 is 0 Å². The maximum absolute atomic E-state index is 5.74. The second-order valence-electron chi connectivity index (χ2n) is 4.16. The summed E-state index contributed by atoms with van der Waals surface area (Å²) in [5.41, 5.74) is 6.56. The molecule has 5 heteroatoms. The summed E-state index contributed by atoms with van der Waals surface area (Å²) in [4.78, 5) is 8.53. The number of anilines is 2. The largest absolute Gasteiger partial charge is 0.382 e. The third kappa shape index (κ3) is 2.87. The van der Waals surface area contributed by atoms with E-state index in [2.05, 4.69) is 22.2 Å². The number of nitrogen functional groups attached to an aromatic ring is 1. The van der Waals surface area contributed by atoms with Crippen molar-refractivity contribution >= 4 is 17.3 Å². The minimum absolute atomic E-state index is 0.506. The molecule has 2 heterocycles. The Morgan fingerprint density at radius 1 is 1.35 bits per heavy atom.